The van der Waals surface area contributed by atoms with Crippen molar-refractivity contribution in [2.75, 3.05) is 13.1 Å². The van der Waals surface area contributed by atoms with Crippen molar-refractivity contribution in [2.24, 2.45) is 11.7 Å². The molecule has 2 unspecified atom stereocenters. The molecule has 0 bridgehead atoms. The Labute approximate surface area is 132 Å². The molecule has 0 aliphatic carbocycles. The second-order valence-electron chi connectivity index (χ2n) is 5.81. The molecule has 0 spiro atoms. The fourth-order valence-corrected chi connectivity index (χ4v) is 3.28. The van der Waals surface area contributed by atoms with E-state index in [1.165, 1.54) is 0 Å². The third-order valence-corrected chi connectivity index (χ3v) is 4.67. The fourth-order valence-electron chi connectivity index (χ4n) is 2.90. The number of amides is 1. The fraction of sp³-hybridized carbons (Fsp3) is 0.438. The van der Waals surface area contributed by atoms with Crippen LogP contribution in [0.5, 0.6) is 0 Å². The van der Waals surface area contributed by atoms with Gasteiger partial charge in [-0.1, -0.05) is 15.9 Å². The van der Waals surface area contributed by atoms with Gasteiger partial charge in [0, 0.05) is 29.0 Å². The standard InChI is InChI=1S/C16H19BrN2O2/c1-10(18)11-3-2-6-19(9-11)16(20)15-8-12-7-13(17)4-5-14(12)21-15/h4-5,7-8,10-11H,2-3,6,9,18H2,1H3. The summed E-state index contributed by atoms with van der Waals surface area (Å²) in [6, 6.07) is 7.67. The minimum absolute atomic E-state index is 0.0346. The number of carbonyl (C=O) groups is 1. The highest BCUT2D eigenvalue weighted by atomic mass is 79.9. The maximum atomic E-state index is 12.6. The Morgan fingerprint density at radius 3 is 3.05 bits per heavy atom. The van der Waals surface area contributed by atoms with E-state index in [2.05, 4.69) is 15.9 Å². The van der Waals surface area contributed by atoms with Crippen molar-refractivity contribution in [3.05, 3.63) is 34.5 Å². The number of rotatable bonds is 2. The molecule has 2 heterocycles. The van der Waals surface area contributed by atoms with Gasteiger partial charge in [-0.2, -0.15) is 0 Å². The summed E-state index contributed by atoms with van der Waals surface area (Å²) in [5.41, 5.74) is 6.72. The average Bonchev–Trinajstić information content (AvgIpc) is 2.89. The molecule has 3 rings (SSSR count). The Morgan fingerprint density at radius 2 is 2.29 bits per heavy atom. The van der Waals surface area contributed by atoms with Crippen molar-refractivity contribution < 1.29 is 9.21 Å². The summed E-state index contributed by atoms with van der Waals surface area (Å²) in [5.74, 6) is 0.752. The van der Waals surface area contributed by atoms with Crippen LogP contribution in [0.15, 0.2) is 33.2 Å². The van der Waals surface area contributed by atoms with Crippen molar-refractivity contribution in [1.29, 1.82) is 0 Å². The molecule has 21 heavy (non-hydrogen) atoms. The van der Waals surface area contributed by atoms with Crippen molar-refractivity contribution in [3.8, 4) is 0 Å². The molecule has 1 aliphatic rings. The number of benzene rings is 1. The van der Waals surface area contributed by atoms with Gasteiger partial charge in [-0.25, -0.2) is 0 Å². The Kier molecular flexibility index (Phi) is 4.04. The normalized spacial score (nSPS) is 20.7. The van der Waals surface area contributed by atoms with Gasteiger partial charge in [-0.15, -0.1) is 0 Å². The summed E-state index contributed by atoms with van der Waals surface area (Å²) < 4.78 is 6.67. The summed E-state index contributed by atoms with van der Waals surface area (Å²) in [6.07, 6.45) is 2.10. The predicted octanol–water partition coefficient (Wildman–Crippen LogP) is 3.39. The monoisotopic (exact) mass is 350 g/mol. The van der Waals surface area contributed by atoms with Crippen LogP contribution in [0.2, 0.25) is 0 Å². The molecule has 0 saturated carbocycles. The first-order valence-corrected chi connectivity index (χ1v) is 8.08. The van der Waals surface area contributed by atoms with Crippen LogP contribution in [0.4, 0.5) is 0 Å². The van der Waals surface area contributed by atoms with Crippen LogP contribution in [-0.2, 0) is 0 Å². The van der Waals surface area contributed by atoms with E-state index in [0.29, 0.717) is 11.7 Å². The number of hydrogen-bond acceptors (Lipinski definition) is 3. The molecule has 1 saturated heterocycles. The van der Waals surface area contributed by atoms with Gasteiger partial charge in [0.25, 0.3) is 5.91 Å². The zero-order valence-electron chi connectivity index (χ0n) is 12.0. The van der Waals surface area contributed by atoms with E-state index in [1.54, 1.807) is 0 Å². The van der Waals surface area contributed by atoms with Crippen LogP contribution >= 0.6 is 15.9 Å². The summed E-state index contributed by atoms with van der Waals surface area (Å²) in [6.45, 7) is 3.51. The summed E-state index contributed by atoms with van der Waals surface area (Å²) in [5, 5.41) is 0.938. The molecule has 2 aromatic rings. The number of fused-ring (bicyclic) bond motifs is 1. The molecule has 4 nitrogen and oxygen atoms in total. The summed E-state index contributed by atoms with van der Waals surface area (Å²) in [4.78, 5) is 14.5. The van der Waals surface area contributed by atoms with Crippen molar-refractivity contribution in [2.45, 2.75) is 25.8 Å². The highest BCUT2D eigenvalue weighted by Crippen LogP contribution is 2.26. The van der Waals surface area contributed by atoms with Crippen LogP contribution in [0.3, 0.4) is 0 Å². The topological polar surface area (TPSA) is 59.5 Å². The maximum absolute atomic E-state index is 12.6. The number of nitrogens with zero attached hydrogens (tertiary/aromatic N) is 1. The summed E-state index contributed by atoms with van der Waals surface area (Å²) in [7, 11) is 0. The molecule has 112 valence electrons. The number of nitrogens with two attached hydrogens (primary N) is 1. The zero-order valence-corrected chi connectivity index (χ0v) is 13.6. The highest BCUT2D eigenvalue weighted by molar-refractivity contribution is 9.10. The molecule has 1 aromatic heterocycles. The van der Waals surface area contributed by atoms with Gasteiger partial charge in [0.2, 0.25) is 0 Å². The third-order valence-electron chi connectivity index (χ3n) is 4.18. The third kappa shape index (κ3) is 2.99. The van der Waals surface area contributed by atoms with E-state index in [-0.39, 0.29) is 11.9 Å². The molecular formula is C16H19BrN2O2. The Bertz CT molecular complexity index is 665. The van der Waals surface area contributed by atoms with Gasteiger partial charge in [-0.3, -0.25) is 4.79 Å². The number of furan rings is 1. The SMILES string of the molecule is CC(N)C1CCCN(C(=O)c2cc3cc(Br)ccc3o2)C1. The number of halogens is 1. The van der Waals surface area contributed by atoms with Crippen LogP contribution in [-0.4, -0.2) is 29.9 Å². The zero-order chi connectivity index (χ0) is 15.0. The van der Waals surface area contributed by atoms with Crippen LogP contribution in [0.25, 0.3) is 11.0 Å². The van der Waals surface area contributed by atoms with Crippen molar-refractivity contribution >= 4 is 32.8 Å². The number of piperidine rings is 1. The van der Waals surface area contributed by atoms with E-state index < -0.39 is 0 Å². The lowest BCUT2D eigenvalue weighted by Gasteiger charge is -2.34. The van der Waals surface area contributed by atoms with Crippen molar-refractivity contribution in [1.82, 2.24) is 4.90 Å². The second kappa shape index (κ2) is 5.81. The first-order chi connectivity index (χ1) is 10.0. The maximum Gasteiger partial charge on any atom is 0.289 e. The Morgan fingerprint density at radius 1 is 1.48 bits per heavy atom. The van der Waals surface area contributed by atoms with E-state index in [9.17, 15) is 4.79 Å². The first kappa shape index (κ1) is 14.6. The summed E-state index contributed by atoms with van der Waals surface area (Å²) >= 11 is 3.43. The largest absolute Gasteiger partial charge is 0.451 e. The molecule has 5 heteroatoms. The lowest BCUT2D eigenvalue weighted by Crippen LogP contribution is -2.44. The second-order valence-corrected chi connectivity index (χ2v) is 6.72. The molecule has 1 amide bonds. The average molecular weight is 351 g/mol. The first-order valence-electron chi connectivity index (χ1n) is 7.28. The smallest absolute Gasteiger partial charge is 0.289 e. The van der Waals surface area contributed by atoms with Crippen molar-refractivity contribution in [3.63, 3.8) is 0 Å². The van der Waals surface area contributed by atoms with E-state index in [1.807, 2.05) is 36.1 Å². The minimum atomic E-state index is -0.0346. The lowest BCUT2D eigenvalue weighted by molar-refractivity contribution is 0.0631. The molecular weight excluding hydrogens is 332 g/mol. The van der Waals surface area contributed by atoms with E-state index in [4.69, 9.17) is 10.2 Å². The van der Waals surface area contributed by atoms with Gasteiger partial charge < -0.3 is 15.1 Å². The van der Waals surface area contributed by atoms with E-state index in [0.717, 1.165) is 41.4 Å². The van der Waals surface area contributed by atoms with Gasteiger partial charge in [0.1, 0.15) is 5.58 Å². The molecule has 1 aromatic carbocycles. The van der Waals surface area contributed by atoms with Crippen LogP contribution in [0.1, 0.15) is 30.3 Å². The number of likely N-dealkylation sites (tertiary alicyclic amines) is 1. The number of hydrogen-bond donors (Lipinski definition) is 1. The van der Waals surface area contributed by atoms with Gasteiger partial charge in [0.05, 0.1) is 0 Å². The highest BCUT2D eigenvalue weighted by Gasteiger charge is 2.28. The predicted molar refractivity (Wildman–Crippen MR) is 86.2 cm³/mol. The molecule has 1 aliphatic heterocycles. The number of carbonyl (C=O) groups excluding carboxylic acids is 1. The lowest BCUT2D eigenvalue weighted by atomic mass is 9.92. The molecule has 2 atom stereocenters. The van der Waals surface area contributed by atoms with Gasteiger partial charge in [0.15, 0.2) is 5.76 Å². The molecule has 2 N–H and O–H groups in total. The van der Waals surface area contributed by atoms with Crippen LogP contribution in [0, 0.1) is 5.92 Å². The quantitative estimate of drug-likeness (QED) is 0.902. The molecule has 1 fully saturated rings. The Balaban J connectivity index is 1.82. The van der Waals surface area contributed by atoms with Gasteiger partial charge in [-0.05, 0) is 49.9 Å². The van der Waals surface area contributed by atoms with E-state index >= 15 is 0 Å². The van der Waals surface area contributed by atoms with Crippen LogP contribution < -0.4 is 5.73 Å². The van der Waals surface area contributed by atoms with Gasteiger partial charge >= 0.3 is 0 Å². The minimum Gasteiger partial charge on any atom is -0.451 e. The molecule has 0 radical (unpaired) electrons. The Hall–Kier alpha value is -1.33.